The number of aromatic nitrogens is 1. The molecular weight excluding hydrogens is 300 g/mol. The summed E-state index contributed by atoms with van der Waals surface area (Å²) in [6.07, 6.45) is 0.572. The van der Waals surface area contributed by atoms with Crippen molar-refractivity contribution in [1.82, 2.24) is 4.98 Å². The van der Waals surface area contributed by atoms with Crippen LogP contribution in [0.2, 0.25) is 20.4 Å². The summed E-state index contributed by atoms with van der Waals surface area (Å²) in [7, 11) is 0. The largest absolute Gasteiger partial charge is 0.223 e. The number of hydrogen-bond donors (Lipinski definition) is 0. The quantitative estimate of drug-likeness (QED) is 0.687. The highest BCUT2D eigenvalue weighted by Crippen LogP contribution is 2.28. The van der Waals surface area contributed by atoms with Gasteiger partial charge in [0.1, 0.15) is 10.3 Å². The number of pyridine rings is 1. The van der Waals surface area contributed by atoms with Gasteiger partial charge in [-0.15, -0.1) is 0 Å². The molecule has 5 heteroatoms. The normalized spacial score (nSPS) is 10.6. The van der Waals surface area contributed by atoms with E-state index in [0.29, 0.717) is 21.6 Å². The summed E-state index contributed by atoms with van der Waals surface area (Å²) in [5.41, 5.74) is 1.77. The van der Waals surface area contributed by atoms with Gasteiger partial charge in [0.25, 0.3) is 0 Å². The molecule has 0 aliphatic carbocycles. The molecule has 0 aliphatic rings. The lowest BCUT2D eigenvalue weighted by atomic mass is 10.1. The van der Waals surface area contributed by atoms with Gasteiger partial charge in [-0.05, 0) is 23.3 Å². The molecule has 1 aromatic heterocycles. The fraction of sp³-hybridized carbons (Fsp3) is 0.0833. The molecule has 0 aliphatic heterocycles. The maximum absolute atomic E-state index is 6.08. The van der Waals surface area contributed by atoms with Gasteiger partial charge in [-0.2, -0.15) is 0 Å². The molecule has 1 heterocycles. The van der Waals surface area contributed by atoms with E-state index in [1.54, 1.807) is 6.07 Å². The molecule has 0 saturated heterocycles. The number of rotatable bonds is 2. The minimum atomic E-state index is 0.208. The second kappa shape index (κ2) is 5.45. The van der Waals surface area contributed by atoms with Crippen molar-refractivity contribution in [1.29, 1.82) is 0 Å². The van der Waals surface area contributed by atoms with Crippen molar-refractivity contribution in [2.24, 2.45) is 0 Å². The second-order valence-electron chi connectivity index (χ2n) is 3.48. The van der Waals surface area contributed by atoms with Crippen LogP contribution in [0.25, 0.3) is 0 Å². The highest BCUT2D eigenvalue weighted by atomic mass is 35.5. The van der Waals surface area contributed by atoms with E-state index in [2.05, 4.69) is 4.98 Å². The van der Waals surface area contributed by atoms with Gasteiger partial charge in [-0.3, -0.25) is 0 Å². The van der Waals surface area contributed by atoms with E-state index in [0.717, 1.165) is 11.1 Å². The van der Waals surface area contributed by atoms with E-state index in [4.69, 9.17) is 46.4 Å². The third-order valence-corrected chi connectivity index (χ3v) is 3.67. The molecule has 0 fully saturated rings. The summed E-state index contributed by atoms with van der Waals surface area (Å²) in [5.74, 6) is 0. The van der Waals surface area contributed by atoms with Gasteiger partial charge >= 0.3 is 0 Å². The lowest BCUT2D eigenvalue weighted by molar-refractivity contribution is 1.15. The van der Waals surface area contributed by atoms with Crippen LogP contribution in [0.15, 0.2) is 30.3 Å². The van der Waals surface area contributed by atoms with Gasteiger partial charge in [-0.1, -0.05) is 64.6 Å². The Balaban J connectivity index is 2.37. The first-order valence-electron chi connectivity index (χ1n) is 4.81. The highest BCUT2D eigenvalue weighted by molar-refractivity contribution is 6.42. The number of nitrogens with zero attached hydrogens (tertiary/aromatic N) is 1. The zero-order valence-corrected chi connectivity index (χ0v) is 11.6. The minimum absolute atomic E-state index is 0.208. The van der Waals surface area contributed by atoms with Crippen LogP contribution in [0.3, 0.4) is 0 Å². The molecule has 0 spiro atoms. The summed E-state index contributed by atoms with van der Waals surface area (Å²) in [6.45, 7) is 0. The Morgan fingerprint density at radius 2 is 1.53 bits per heavy atom. The van der Waals surface area contributed by atoms with Gasteiger partial charge < -0.3 is 0 Å². The van der Waals surface area contributed by atoms with Crippen LogP contribution in [-0.2, 0) is 6.42 Å². The molecule has 88 valence electrons. The zero-order valence-electron chi connectivity index (χ0n) is 8.55. The number of benzene rings is 1. The lowest BCUT2D eigenvalue weighted by Crippen LogP contribution is -1.93. The van der Waals surface area contributed by atoms with Crippen molar-refractivity contribution in [2.45, 2.75) is 6.42 Å². The Morgan fingerprint density at radius 3 is 2.24 bits per heavy atom. The van der Waals surface area contributed by atoms with E-state index < -0.39 is 0 Å². The van der Waals surface area contributed by atoms with Crippen LogP contribution in [-0.4, -0.2) is 4.98 Å². The average Bonchev–Trinajstić information content (AvgIpc) is 2.29. The third kappa shape index (κ3) is 3.05. The predicted octanol–water partition coefficient (Wildman–Crippen LogP) is 5.29. The summed E-state index contributed by atoms with van der Waals surface area (Å²) in [4.78, 5) is 3.95. The van der Waals surface area contributed by atoms with Crippen LogP contribution >= 0.6 is 46.4 Å². The maximum atomic E-state index is 6.08. The van der Waals surface area contributed by atoms with Gasteiger partial charge in [0.15, 0.2) is 0 Å². The lowest BCUT2D eigenvalue weighted by Gasteiger charge is -2.07. The number of halogens is 4. The Bertz CT molecular complexity index is 554. The van der Waals surface area contributed by atoms with E-state index in [-0.39, 0.29) is 5.15 Å². The Kier molecular flexibility index (Phi) is 4.16. The molecule has 1 nitrogen and oxygen atoms in total. The van der Waals surface area contributed by atoms with E-state index in [9.17, 15) is 0 Å². The average molecular weight is 307 g/mol. The summed E-state index contributed by atoms with van der Waals surface area (Å²) >= 11 is 23.8. The molecule has 2 rings (SSSR count). The topological polar surface area (TPSA) is 12.9 Å². The summed E-state index contributed by atoms with van der Waals surface area (Å²) in [6, 6.07) is 9.26. The molecule has 0 amide bonds. The van der Waals surface area contributed by atoms with Crippen molar-refractivity contribution in [3.05, 3.63) is 61.8 Å². The number of hydrogen-bond acceptors (Lipinski definition) is 1. The van der Waals surface area contributed by atoms with Gasteiger partial charge in [0.2, 0.25) is 0 Å². The van der Waals surface area contributed by atoms with Gasteiger partial charge in [-0.25, -0.2) is 4.98 Å². The first-order chi connectivity index (χ1) is 8.08. The Labute approximate surface area is 119 Å². The van der Waals surface area contributed by atoms with Crippen LogP contribution in [0.5, 0.6) is 0 Å². The molecule has 0 radical (unpaired) electrons. The molecule has 0 bridgehead atoms. The predicted molar refractivity (Wildman–Crippen MR) is 73.5 cm³/mol. The van der Waals surface area contributed by atoms with Crippen molar-refractivity contribution >= 4 is 46.4 Å². The summed E-state index contributed by atoms with van der Waals surface area (Å²) < 4.78 is 0. The fourth-order valence-corrected chi connectivity index (χ4v) is 2.22. The molecule has 0 atom stereocenters. The molecule has 17 heavy (non-hydrogen) atoms. The monoisotopic (exact) mass is 305 g/mol. The molecule has 0 unspecified atom stereocenters. The van der Waals surface area contributed by atoms with Crippen molar-refractivity contribution < 1.29 is 0 Å². The highest BCUT2D eigenvalue weighted by Gasteiger charge is 2.09. The van der Waals surface area contributed by atoms with E-state index in [1.807, 2.05) is 24.3 Å². The fourth-order valence-electron chi connectivity index (χ4n) is 1.45. The second-order valence-corrected chi connectivity index (χ2v) is 5.01. The Morgan fingerprint density at radius 1 is 0.824 bits per heavy atom. The molecule has 1 aromatic carbocycles. The van der Waals surface area contributed by atoms with Gasteiger partial charge in [0.05, 0.1) is 5.02 Å². The summed E-state index contributed by atoms with van der Waals surface area (Å²) in [5, 5.41) is 1.63. The third-order valence-electron chi connectivity index (χ3n) is 2.30. The minimum Gasteiger partial charge on any atom is -0.223 e. The van der Waals surface area contributed by atoms with Crippen LogP contribution in [0.1, 0.15) is 11.1 Å². The standard InChI is InChI=1S/C12H7Cl4N/c13-9-4-2-1-3-7(9)5-8-6-10(14)12(16)17-11(8)15/h1-4,6H,5H2. The first-order valence-corrected chi connectivity index (χ1v) is 6.33. The van der Waals surface area contributed by atoms with E-state index >= 15 is 0 Å². The molecule has 2 aromatic rings. The molecule has 0 N–H and O–H groups in total. The van der Waals surface area contributed by atoms with Crippen molar-refractivity contribution in [3.63, 3.8) is 0 Å². The van der Waals surface area contributed by atoms with Crippen molar-refractivity contribution in [2.75, 3.05) is 0 Å². The van der Waals surface area contributed by atoms with E-state index in [1.165, 1.54) is 0 Å². The van der Waals surface area contributed by atoms with Crippen LogP contribution < -0.4 is 0 Å². The van der Waals surface area contributed by atoms with Crippen LogP contribution in [0.4, 0.5) is 0 Å². The Hall–Kier alpha value is -0.470. The zero-order chi connectivity index (χ0) is 12.4. The van der Waals surface area contributed by atoms with Crippen LogP contribution in [0, 0.1) is 0 Å². The first kappa shape index (κ1) is 13.0. The maximum Gasteiger partial charge on any atom is 0.149 e. The molecular formula is C12H7Cl4N. The SMILES string of the molecule is Clc1ccccc1Cc1cc(Cl)c(Cl)nc1Cl. The smallest absolute Gasteiger partial charge is 0.149 e. The van der Waals surface area contributed by atoms with Gasteiger partial charge in [0, 0.05) is 11.4 Å². The molecule has 0 saturated carbocycles. The van der Waals surface area contributed by atoms with Crippen molar-refractivity contribution in [3.8, 4) is 0 Å².